The van der Waals surface area contributed by atoms with Crippen LogP contribution in [0.5, 0.6) is 5.75 Å². The number of halogens is 3. The third-order valence-corrected chi connectivity index (χ3v) is 3.02. The number of benzene rings is 1. The van der Waals surface area contributed by atoms with Crippen molar-refractivity contribution >= 4 is 10.9 Å². The molecule has 0 radical (unpaired) electrons. The average Bonchev–Trinajstić information content (AvgIpc) is 2.70. The van der Waals surface area contributed by atoms with E-state index in [-0.39, 0.29) is 5.75 Å². The highest BCUT2D eigenvalue weighted by atomic mass is 19.4. The minimum atomic E-state index is -4.65. The third kappa shape index (κ3) is 3.66. The highest BCUT2D eigenvalue weighted by Gasteiger charge is 2.31. The normalized spacial score (nSPS) is 12.0. The molecule has 0 spiro atoms. The van der Waals surface area contributed by atoms with Gasteiger partial charge in [0, 0.05) is 17.1 Å². The van der Waals surface area contributed by atoms with Crippen LogP contribution in [-0.2, 0) is 6.42 Å². The summed E-state index contributed by atoms with van der Waals surface area (Å²) in [6.45, 7) is 2.12. The average molecular weight is 271 g/mol. The molecule has 1 aromatic carbocycles. The molecule has 0 amide bonds. The first-order valence-electron chi connectivity index (χ1n) is 6.35. The van der Waals surface area contributed by atoms with Crippen molar-refractivity contribution in [1.82, 2.24) is 4.98 Å². The van der Waals surface area contributed by atoms with E-state index in [0.29, 0.717) is 0 Å². The number of rotatable bonds is 5. The molecule has 0 saturated heterocycles. The number of unbranched alkanes of at least 4 members (excludes halogenated alkanes) is 2. The molecule has 0 atom stereocenters. The maximum atomic E-state index is 12.2. The molecule has 0 saturated carbocycles. The second-order valence-corrected chi connectivity index (χ2v) is 4.53. The Morgan fingerprint density at radius 1 is 1.21 bits per heavy atom. The molecule has 0 aliphatic heterocycles. The number of aromatic nitrogens is 1. The Labute approximate surface area is 109 Å². The van der Waals surface area contributed by atoms with Gasteiger partial charge in [-0.3, -0.25) is 0 Å². The summed E-state index contributed by atoms with van der Waals surface area (Å²) in [5.74, 6) is -0.170. The summed E-state index contributed by atoms with van der Waals surface area (Å²) in [5.41, 5.74) is 1.87. The van der Waals surface area contributed by atoms with Crippen molar-refractivity contribution in [3.05, 3.63) is 30.0 Å². The number of aryl methyl sites for hydroxylation is 1. The Kier molecular flexibility index (Phi) is 4.02. The van der Waals surface area contributed by atoms with Gasteiger partial charge in [0.15, 0.2) is 0 Å². The number of nitrogens with one attached hydrogen (secondary N) is 1. The molecule has 19 heavy (non-hydrogen) atoms. The van der Waals surface area contributed by atoms with E-state index in [9.17, 15) is 13.2 Å². The molecule has 5 heteroatoms. The van der Waals surface area contributed by atoms with Gasteiger partial charge in [0.25, 0.3) is 0 Å². The van der Waals surface area contributed by atoms with Gasteiger partial charge in [-0.1, -0.05) is 19.8 Å². The zero-order valence-electron chi connectivity index (χ0n) is 10.7. The van der Waals surface area contributed by atoms with Crippen molar-refractivity contribution in [2.75, 3.05) is 0 Å². The quantitative estimate of drug-likeness (QED) is 0.776. The van der Waals surface area contributed by atoms with Gasteiger partial charge in [-0.2, -0.15) is 0 Å². The first kappa shape index (κ1) is 13.8. The van der Waals surface area contributed by atoms with Crippen molar-refractivity contribution in [3.63, 3.8) is 0 Å². The molecule has 1 heterocycles. The molecule has 2 rings (SSSR count). The van der Waals surface area contributed by atoms with Crippen molar-refractivity contribution in [3.8, 4) is 5.75 Å². The van der Waals surface area contributed by atoms with E-state index in [1.54, 1.807) is 6.07 Å². The van der Waals surface area contributed by atoms with E-state index >= 15 is 0 Å². The number of H-pyrrole nitrogens is 1. The van der Waals surface area contributed by atoms with Crippen LogP contribution >= 0.6 is 0 Å². The van der Waals surface area contributed by atoms with Crippen LogP contribution in [0, 0.1) is 0 Å². The number of hydrogen-bond donors (Lipinski definition) is 1. The number of hydrogen-bond acceptors (Lipinski definition) is 1. The Hall–Kier alpha value is -1.65. The fraction of sp³-hybridized carbons (Fsp3) is 0.429. The second-order valence-electron chi connectivity index (χ2n) is 4.53. The van der Waals surface area contributed by atoms with Crippen LogP contribution in [0.3, 0.4) is 0 Å². The Balaban J connectivity index is 2.22. The third-order valence-electron chi connectivity index (χ3n) is 3.02. The van der Waals surface area contributed by atoms with E-state index in [1.807, 2.05) is 6.20 Å². The maximum absolute atomic E-state index is 12.2. The van der Waals surface area contributed by atoms with Gasteiger partial charge in [-0.25, -0.2) is 0 Å². The van der Waals surface area contributed by atoms with Crippen LogP contribution in [0.2, 0.25) is 0 Å². The minimum Gasteiger partial charge on any atom is -0.406 e. The molecule has 1 N–H and O–H groups in total. The number of ether oxygens (including phenoxy) is 1. The molecule has 0 bridgehead atoms. The van der Waals surface area contributed by atoms with E-state index < -0.39 is 6.36 Å². The monoisotopic (exact) mass is 271 g/mol. The van der Waals surface area contributed by atoms with Crippen LogP contribution < -0.4 is 4.74 Å². The van der Waals surface area contributed by atoms with Crippen LogP contribution in [0.1, 0.15) is 31.7 Å². The zero-order chi connectivity index (χ0) is 13.9. The lowest BCUT2D eigenvalue weighted by molar-refractivity contribution is -0.274. The lowest BCUT2D eigenvalue weighted by Crippen LogP contribution is -2.16. The largest absolute Gasteiger partial charge is 0.573 e. The van der Waals surface area contributed by atoms with Gasteiger partial charge >= 0.3 is 6.36 Å². The molecule has 0 fully saturated rings. The van der Waals surface area contributed by atoms with Crippen LogP contribution in [0.15, 0.2) is 24.4 Å². The molecule has 0 unspecified atom stereocenters. The summed E-state index contributed by atoms with van der Waals surface area (Å²) >= 11 is 0. The lowest BCUT2D eigenvalue weighted by atomic mass is 10.1. The highest BCUT2D eigenvalue weighted by Crippen LogP contribution is 2.28. The van der Waals surface area contributed by atoms with Crippen molar-refractivity contribution in [2.45, 2.75) is 39.0 Å². The molecule has 2 aromatic rings. The fourth-order valence-electron chi connectivity index (χ4n) is 2.13. The lowest BCUT2D eigenvalue weighted by Gasteiger charge is -2.09. The van der Waals surface area contributed by atoms with Gasteiger partial charge in [0.1, 0.15) is 5.75 Å². The molecule has 1 aromatic heterocycles. The number of alkyl halides is 3. The topological polar surface area (TPSA) is 25.0 Å². The zero-order valence-corrected chi connectivity index (χ0v) is 10.7. The molecule has 2 nitrogen and oxygen atoms in total. The summed E-state index contributed by atoms with van der Waals surface area (Å²) in [6, 6.07) is 4.38. The van der Waals surface area contributed by atoms with Gasteiger partial charge in [-0.15, -0.1) is 13.2 Å². The van der Waals surface area contributed by atoms with Crippen LogP contribution in [0.25, 0.3) is 10.9 Å². The SMILES string of the molecule is CCCCCc1c[nH]c2ccc(OC(F)(F)F)cc12. The molecule has 0 aliphatic carbocycles. The van der Waals surface area contributed by atoms with Gasteiger partial charge in [0.2, 0.25) is 0 Å². The van der Waals surface area contributed by atoms with Crippen molar-refractivity contribution in [1.29, 1.82) is 0 Å². The summed E-state index contributed by atoms with van der Waals surface area (Å²) in [4.78, 5) is 3.07. The molecule has 104 valence electrons. The van der Waals surface area contributed by atoms with E-state index in [2.05, 4.69) is 16.6 Å². The number of fused-ring (bicyclic) bond motifs is 1. The van der Waals surface area contributed by atoms with Crippen molar-refractivity contribution in [2.24, 2.45) is 0 Å². The summed E-state index contributed by atoms with van der Waals surface area (Å²) in [5, 5.41) is 0.804. The van der Waals surface area contributed by atoms with Gasteiger partial charge < -0.3 is 9.72 Å². The first-order valence-corrected chi connectivity index (χ1v) is 6.35. The Bertz CT molecular complexity index is 545. The predicted molar refractivity (Wildman–Crippen MR) is 68.2 cm³/mol. The Morgan fingerprint density at radius 2 is 2.00 bits per heavy atom. The van der Waals surface area contributed by atoms with E-state index in [0.717, 1.165) is 42.1 Å². The second kappa shape index (κ2) is 5.55. The molecular formula is C14H16F3NO. The standard InChI is InChI=1S/C14H16F3NO/c1-2-3-4-5-10-9-18-13-7-6-11(8-12(10)13)19-14(15,16)17/h6-9,18H,2-5H2,1H3. The summed E-state index contributed by atoms with van der Waals surface area (Å²) in [7, 11) is 0. The minimum absolute atomic E-state index is 0.170. The molecular weight excluding hydrogens is 255 g/mol. The Morgan fingerprint density at radius 3 is 2.68 bits per heavy atom. The van der Waals surface area contributed by atoms with Crippen LogP contribution in [-0.4, -0.2) is 11.3 Å². The number of aromatic amines is 1. The fourth-order valence-corrected chi connectivity index (χ4v) is 2.13. The summed E-state index contributed by atoms with van der Waals surface area (Å²) in [6.07, 6.45) is 1.34. The highest BCUT2D eigenvalue weighted by molar-refractivity contribution is 5.84. The van der Waals surface area contributed by atoms with Gasteiger partial charge in [0.05, 0.1) is 0 Å². The van der Waals surface area contributed by atoms with E-state index in [4.69, 9.17) is 0 Å². The smallest absolute Gasteiger partial charge is 0.406 e. The van der Waals surface area contributed by atoms with E-state index in [1.165, 1.54) is 12.1 Å². The summed E-state index contributed by atoms with van der Waals surface area (Å²) < 4.78 is 40.5. The maximum Gasteiger partial charge on any atom is 0.573 e. The predicted octanol–water partition coefficient (Wildman–Crippen LogP) is 4.80. The van der Waals surface area contributed by atoms with Crippen LogP contribution in [0.4, 0.5) is 13.2 Å². The van der Waals surface area contributed by atoms with Gasteiger partial charge in [-0.05, 0) is 36.6 Å². The first-order chi connectivity index (χ1) is 8.99. The molecule has 0 aliphatic rings. The van der Waals surface area contributed by atoms with Crippen molar-refractivity contribution < 1.29 is 17.9 Å².